The Kier molecular flexibility index (Phi) is 3.16. The molecule has 0 bridgehead atoms. The van der Waals surface area contributed by atoms with Gasteiger partial charge in [0.2, 0.25) is 5.95 Å². The molecule has 0 fully saturated rings. The van der Waals surface area contributed by atoms with Crippen LogP contribution in [0.2, 0.25) is 0 Å². The van der Waals surface area contributed by atoms with Gasteiger partial charge in [-0.2, -0.15) is 4.98 Å². The zero-order valence-electron chi connectivity index (χ0n) is 9.07. The molecule has 1 heterocycles. The van der Waals surface area contributed by atoms with Crippen molar-refractivity contribution in [2.75, 3.05) is 5.32 Å². The van der Waals surface area contributed by atoms with Crippen LogP contribution in [0.3, 0.4) is 0 Å². The molecule has 3 N–H and O–H groups in total. The Bertz CT molecular complexity index is 449. The summed E-state index contributed by atoms with van der Waals surface area (Å²) in [6.45, 7) is 1.98. The lowest BCUT2D eigenvalue weighted by molar-refractivity contribution is 0.272. The van der Waals surface area contributed by atoms with E-state index in [0.717, 1.165) is 12.1 Å². The SMILES string of the molecule is CCc1ccc(Nc2n[nH]c(CO)n2)cc1. The molecule has 1 aromatic carbocycles. The minimum atomic E-state index is -0.135. The van der Waals surface area contributed by atoms with Gasteiger partial charge in [-0.3, -0.25) is 5.10 Å². The van der Waals surface area contributed by atoms with Gasteiger partial charge in [-0.05, 0) is 24.1 Å². The molecule has 16 heavy (non-hydrogen) atoms. The topological polar surface area (TPSA) is 73.8 Å². The van der Waals surface area contributed by atoms with Crippen LogP contribution in [-0.4, -0.2) is 20.3 Å². The van der Waals surface area contributed by atoms with Gasteiger partial charge in [-0.25, -0.2) is 0 Å². The molecule has 0 amide bonds. The maximum absolute atomic E-state index is 8.82. The van der Waals surface area contributed by atoms with E-state index in [1.54, 1.807) is 0 Å². The molecular weight excluding hydrogens is 204 g/mol. The van der Waals surface area contributed by atoms with Gasteiger partial charge in [0.15, 0.2) is 5.82 Å². The Labute approximate surface area is 93.5 Å². The summed E-state index contributed by atoms with van der Waals surface area (Å²) < 4.78 is 0. The molecule has 0 unspecified atom stereocenters. The molecule has 0 radical (unpaired) electrons. The van der Waals surface area contributed by atoms with Gasteiger partial charge in [0.1, 0.15) is 6.61 Å². The number of nitrogens with one attached hydrogen (secondary N) is 2. The van der Waals surface area contributed by atoms with Crippen molar-refractivity contribution in [3.8, 4) is 0 Å². The number of aliphatic hydroxyl groups is 1. The summed E-state index contributed by atoms with van der Waals surface area (Å²) in [6.07, 6.45) is 1.02. The van der Waals surface area contributed by atoms with Crippen LogP contribution in [0.15, 0.2) is 24.3 Å². The minimum absolute atomic E-state index is 0.135. The Morgan fingerprint density at radius 2 is 2.06 bits per heavy atom. The maximum atomic E-state index is 8.82. The van der Waals surface area contributed by atoms with Crippen molar-refractivity contribution in [2.24, 2.45) is 0 Å². The summed E-state index contributed by atoms with van der Waals surface area (Å²) in [6, 6.07) is 8.07. The van der Waals surface area contributed by atoms with Crippen LogP contribution in [0, 0.1) is 0 Å². The molecule has 0 spiro atoms. The van der Waals surface area contributed by atoms with E-state index >= 15 is 0 Å². The number of rotatable bonds is 4. The highest BCUT2D eigenvalue weighted by Gasteiger charge is 2.01. The number of anilines is 2. The number of hydrogen-bond donors (Lipinski definition) is 3. The van der Waals surface area contributed by atoms with Crippen molar-refractivity contribution in [3.05, 3.63) is 35.7 Å². The average Bonchev–Trinajstić information content (AvgIpc) is 2.78. The van der Waals surface area contributed by atoms with Gasteiger partial charge in [-0.15, -0.1) is 5.10 Å². The van der Waals surface area contributed by atoms with E-state index in [1.165, 1.54) is 5.56 Å². The molecule has 84 valence electrons. The van der Waals surface area contributed by atoms with Gasteiger partial charge >= 0.3 is 0 Å². The number of nitrogens with zero attached hydrogens (tertiary/aromatic N) is 2. The highest BCUT2D eigenvalue weighted by Crippen LogP contribution is 2.13. The summed E-state index contributed by atoms with van der Waals surface area (Å²) in [5.41, 5.74) is 2.22. The quantitative estimate of drug-likeness (QED) is 0.728. The third-order valence-corrected chi connectivity index (χ3v) is 2.30. The van der Waals surface area contributed by atoms with E-state index in [-0.39, 0.29) is 6.61 Å². The van der Waals surface area contributed by atoms with Crippen molar-refractivity contribution in [1.29, 1.82) is 0 Å². The van der Waals surface area contributed by atoms with Crippen molar-refractivity contribution in [3.63, 3.8) is 0 Å². The fourth-order valence-corrected chi connectivity index (χ4v) is 1.37. The number of H-pyrrole nitrogens is 1. The molecule has 0 aliphatic heterocycles. The Balaban J connectivity index is 2.08. The van der Waals surface area contributed by atoms with Crippen LogP contribution in [-0.2, 0) is 13.0 Å². The number of aromatic nitrogens is 3. The number of benzene rings is 1. The molecule has 0 saturated carbocycles. The van der Waals surface area contributed by atoms with Crippen molar-refractivity contribution >= 4 is 11.6 Å². The van der Waals surface area contributed by atoms with E-state index in [4.69, 9.17) is 5.11 Å². The summed E-state index contributed by atoms with van der Waals surface area (Å²) in [5, 5.41) is 18.4. The number of aliphatic hydroxyl groups excluding tert-OH is 1. The largest absolute Gasteiger partial charge is 0.388 e. The first-order valence-electron chi connectivity index (χ1n) is 5.20. The Hall–Kier alpha value is -1.88. The first kappa shape index (κ1) is 10.6. The van der Waals surface area contributed by atoms with Crippen LogP contribution in [0.1, 0.15) is 18.3 Å². The van der Waals surface area contributed by atoms with Crippen molar-refractivity contribution in [1.82, 2.24) is 15.2 Å². The Morgan fingerprint density at radius 1 is 1.31 bits per heavy atom. The number of aryl methyl sites for hydroxylation is 1. The van der Waals surface area contributed by atoms with E-state index < -0.39 is 0 Å². The lowest BCUT2D eigenvalue weighted by atomic mass is 10.1. The van der Waals surface area contributed by atoms with Crippen molar-refractivity contribution < 1.29 is 5.11 Å². The first-order valence-corrected chi connectivity index (χ1v) is 5.20. The third kappa shape index (κ3) is 2.38. The lowest BCUT2D eigenvalue weighted by Crippen LogP contribution is -1.93. The predicted octanol–water partition coefficient (Wildman–Crippen LogP) is 1.60. The van der Waals surface area contributed by atoms with E-state index in [1.807, 2.05) is 12.1 Å². The third-order valence-electron chi connectivity index (χ3n) is 2.30. The summed E-state index contributed by atoms with van der Waals surface area (Å²) >= 11 is 0. The first-order chi connectivity index (χ1) is 7.81. The number of aromatic amines is 1. The normalized spacial score (nSPS) is 10.4. The minimum Gasteiger partial charge on any atom is -0.388 e. The molecule has 1 aromatic heterocycles. The van der Waals surface area contributed by atoms with Crippen LogP contribution in [0.25, 0.3) is 0 Å². The molecule has 0 saturated heterocycles. The maximum Gasteiger partial charge on any atom is 0.246 e. The van der Waals surface area contributed by atoms with E-state index in [0.29, 0.717) is 11.8 Å². The molecule has 0 aliphatic carbocycles. The molecule has 5 heteroatoms. The standard InChI is InChI=1S/C11H14N4O/c1-2-8-3-5-9(6-4-8)12-11-13-10(7-16)14-15-11/h3-6,16H,2,7H2,1H3,(H2,12,13,14,15). The number of hydrogen-bond acceptors (Lipinski definition) is 4. The van der Waals surface area contributed by atoms with Crippen LogP contribution < -0.4 is 5.32 Å². The van der Waals surface area contributed by atoms with Gasteiger partial charge in [0.25, 0.3) is 0 Å². The smallest absolute Gasteiger partial charge is 0.246 e. The molecule has 0 atom stereocenters. The van der Waals surface area contributed by atoms with E-state index in [2.05, 4.69) is 39.6 Å². The van der Waals surface area contributed by atoms with Crippen LogP contribution in [0.4, 0.5) is 11.6 Å². The molecule has 0 aliphatic rings. The monoisotopic (exact) mass is 218 g/mol. The average molecular weight is 218 g/mol. The van der Waals surface area contributed by atoms with Gasteiger partial charge < -0.3 is 10.4 Å². The summed E-state index contributed by atoms with van der Waals surface area (Å²) in [5.74, 6) is 0.918. The molecular formula is C11H14N4O. The second kappa shape index (κ2) is 4.76. The summed E-state index contributed by atoms with van der Waals surface area (Å²) in [7, 11) is 0. The molecule has 5 nitrogen and oxygen atoms in total. The summed E-state index contributed by atoms with van der Waals surface area (Å²) in [4.78, 5) is 4.04. The van der Waals surface area contributed by atoms with E-state index in [9.17, 15) is 0 Å². The second-order valence-corrected chi connectivity index (χ2v) is 3.44. The van der Waals surface area contributed by atoms with Crippen LogP contribution >= 0.6 is 0 Å². The van der Waals surface area contributed by atoms with Crippen molar-refractivity contribution in [2.45, 2.75) is 20.0 Å². The zero-order chi connectivity index (χ0) is 11.4. The lowest BCUT2D eigenvalue weighted by Gasteiger charge is -2.02. The molecule has 2 rings (SSSR count). The van der Waals surface area contributed by atoms with Gasteiger partial charge in [0, 0.05) is 5.69 Å². The van der Waals surface area contributed by atoms with Gasteiger partial charge in [-0.1, -0.05) is 19.1 Å². The van der Waals surface area contributed by atoms with Crippen LogP contribution in [0.5, 0.6) is 0 Å². The fourth-order valence-electron chi connectivity index (χ4n) is 1.37. The Morgan fingerprint density at radius 3 is 2.62 bits per heavy atom. The highest BCUT2D eigenvalue weighted by molar-refractivity contribution is 5.53. The van der Waals surface area contributed by atoms with Gasteiger partial charge in [0.05, 0.1) is 0 Å². The predicted molar refractivity (Wildman–Crippen MR) is 61.4 cm³/mol. The fraction of sp³-hybridized carbons (Fsp3) is 0.273. The highest BCUT2D eigenvalue weighted by atomic mass is 16.3. The zero-order valence-corrected chi connectivity index (χ0v) is 9.07. The second-order valence-electron chi connectivity index (χ2n) is 3.44. The molecule has 2 aromatic rings.